The second-order valence-electron chi connectivity index (χ2n) is 4.74. The molecule has 0 aliphatic carbocycles. The number of nitrogen functional groups attached to an aromatic ring is 1. The number of anilines is 2. The van der Waals surface area contributed by atoms with Crippen LogP contribution in [-0.4, -0.2) is 39.4 Å². The Labute approximate surface area is 111 Å². The van der Waals surface area contributed by atoms with Gasteiger partial charge in [-0.05, 0) is 6.07 Å². The molecule has 2 aromatic heterocycles. The third kappa shape index (κ3) is 2.37. The minimum absolute atomic E-state index is 0.604. The summed E-state index contributed by atoms with van der Waals surface area (Å²) in [6.07, 6.45) is 3.45. The van der Waals surface area contributed by atoms with E-state index >= 15 is 0 Å². The molecule has 0 amide bonds. The molecule has 19 heavy (non-hydrogen) atoms. The lowest BCUT2D eigenvalue weighted by Gasteiger charge is -2.27. The van der Waals surface area contributed by atoms with Gasteiger partial charge in [0.1, 0.15) is 5.82 Å². The fourth-order valence-corrected chi connectivity index (χ4v) is 1.97. The van der Waals surface area contributed by atoms with Crippen LogP contribution in [0.5, 0.6) is 0 Å². The summed E-state index contributed by atoms with van der Waals surface area (Å²) in [6.45, 7) is 3.00. The highest BCUT2D eigenvalue weighted by atomic mass is 15.3. The van der Waals surface area contributed by atoms with Gasteiger partial charge in [0.15, 0.2) is 0 Å². The van der Waals surface area contributed by atoms with Crippen molar-refractivity contribution in [1.29, 1.82) is 0 Å². The third-order valence-electron chi connectivity index (χ3n) is 3.33. The Morgan fingerprint density at radius 3 is 3.00 bits per heavy atom. The summed E-state index contributed by atoms with van der Waals surface area (Å²) in [6, 6.07) is 1.84. The number of aromatic nitrogens is 4. The number of rotatable bonds is 4. The molecule has 0 unspecified atom stereocenters. The average Bonchev–Trinajstić information content (AvgIpc) is 2.69. The number of nitrogens with zero attached hydrogens (tertiary/aromatic N) is 4. The molecule has 3 rings (SSSR count). The lowest BCUT2D eigenvalue weighted by atomic mass is 10.0. The zero-order chi connectivity index (χ0) is 13.2. The number of hydrogen-bond acceptors (Lipinski definition) is 6. The van der Waals surface area contributed by atoms with Crippen LogP contribution in [0, 0.1) is 5.92 Å². The predicted molar refractivity (Wildman–Crippen MR) is 73.5 cm³/mol. The highest BCUT2D eigenvalue weighted by molar-refractivity contribution is 5.70. The lowest BCUT2D eigenvalue weighted by Crippen LogP contribution is -2.45. The lowest BCUT2D eigenvalue weighted by molar-refractivity contribution is 0.365. The topological polar surface area (TPSA) is 93.7 Å². The van der Waals surface area contributed by atoms with Crippen LogP contribution in [-0.2, 0) is 7.05 Å². The fourth-order valence-electron chi connectivity index (χ4n) is 1.97. The Hall–Kier alpha value is -2.15. The summed E-state index contributed by atoms with van der Waals surface area (Å²) in [4.78, 5) is 8.69. The first-order valence-corrected chi connectivity index (χ1v) is 6.29. The maximum absolute atomic E-state index is 5.95. The summed E-state index contributed by atoms with van der Waals surface area (Å²) in [7, 11) is 1.81. The average molecular weight is 259 g/mol. The summed E-state index contributed by atoms with van der Waals surface area (Å²) in [5.74, 6) is 1.90. The first-order valence-electron chi connectivity index (χ1n) is 6.29. The van der Waals surface area contributed by atoms with Gasteiger partial charge in [0.05, 0.1) is 17.5 Å². The van der Waals surface area contributed by atoms with E-state index in [0.29, 0.717) is 17.7 Å². The van der Waals surface area contributed by atoms with E-state index < -0.39 is 0 Å². The van der Waals surface area contributed by atoms with Crippen molar-refractivity contribution in [2.45, 2.75) is 0 Å². The number of hydrogen-bond donors (Lipinski definition) is 3. The van der Waals surface area contributed by atoms with Crippen LogP contribution >= 0.6 is 0 Å². The quantitative estimate of drug-likeness (QED) is 0.720. The normalized spacial score (nSPS) is 15.2. The number of nitrogens with one attached hydrogen (secondary N) is 2. The molecule has 3 heterocycles. The van der Waals surface area contributed by atoms with Crippen LogP contribution in [0.2, 0.25) is 0 Å². The molecule has 0 radical (unpaired) electrons. The molecule has 2 aromatic rings. The molecule has 1 aliphatic heterocycles. The van der Waals surface area contributed by atoms with Crippen LogP contribution in [0.25, 0.3) is 11.3 Å². The summed E-state index contributed by atoms with van der Waals surface area (Å²) >= 11 is 0. The molecule has 0 spiro atoms. The van der Waals surface area contributed by atoms with Crippen molar-refractivity contribution in [3.63, 3.8) is 0 Å². The van der Waals surface area contributed by atoms with E-state index in [9.17, 15) is 0 Å². The molecule has 7 nitrogen and oxygen atoms in total. The van der Waals surface area contributed by atoms with Crippen molar-refractivity contribution in [3.8, 4) is 11.3 Å². The first-order chi connectivity index (χ1) is 9.24. The van der Waals surface area contributed by atoms with Crippen LogP contribution < -0.4 is 16.4 Å². The van der Waals surface area contributed by atoms with Gasteiger partial charge < -0.3 is 16.4 Å². The van der Waals surface area contributed by atoms with Crippen molar-refractivity contribution in [3.05, 3.63) is 18.5 Å². The highest BCUT2D eigenvalue weighted by Gasteiger charge is 2.16. The highest BCUT2D eigenvalue weighted by Crippen LogP contribution is 2.23. The Bertz CT molecular complexity index is 573. The van der Waals surface area contributed by atoms with E-state index in [1.165, 1.54) is 0 Å². The maximum Gasteiger partial charge on any atom is 0.223 e. The van der Waals surface area contributed by atoms with E-state index in [1.54, 1.807) is 17.1 Å². The maximum atomic E-state index is 5.95. The van der Waals surface area contributed by atoms with Gasteiger partial charge in [-0.15, -0.1) is 0 Å². The zero-order valence-electron chi connectivity index (χ0n) is 10.8. The molecule has 0 atom stereocenters. The van der Waals surface area contributed by atoms with Gasteiger partial charge in [-0.2, -0.15) is 5.10 Å². The van der Waals surface area contributed by atoms with Crippen molar-refractivity contribution >= 4 is 11.8 Å². The Morgan fingerprint density at radius 1 is 1.53 bits per heavy atom. The Morgan fingerprint density at radius 2 is 2.37 bits per heavy atom. The fraction of sp³-hybridized carbons (Fsp3) is 0.417. The van der Waals surface area contributed by atoms with Crippen LogP contribution in [0.4, 0.5) is 11.8 Å². The van der Waals surface area contributed by atoms with Gasteiger partial charge in [0.2, 0.25) is 5.95 Å². The number of nitrogens with two attached hydrogens (primary N) is 1. The standard InChI is InChI=1S/C12H17N7/c1-19-11(13)9(7-17-19)10-2-3-15-12(18-10)16-6-8-4-14-5-8/h2-3,7-8,14H,4-6,13H2,1H3,(H,15,16,18). The van der Waals surface area contributed by atoms with E-state index in [2.05, 4.69) is 25.7 Å². The van der Waals surface area contributed by atoms with Crippen LogP contribution in [0.3, 0.4) is 0 Å². The van der Waals surface area contributed by atoms with E-state index in [0.717, 1.165) is 30.9 Å². The SMILES string of the molecule is Cn1ncc(-c2ccnc(NCC3CNC3)n2)c1N. The summed E-state index contributed by atoms with van der Waals surface area (Å²) in [5, 5.41) is 10.6. The minimum Gasteiger partial charge on any atom is -0.383 e. The van der Waals surface area contributed by atoms with Crippen molar-refractivity contribution in [2.24, 2.45) is 13.0 Å². The zero-order valence-corrected chi connectivity index (χ0v) is 10.8. The minimum atomic E-state index is 0.604. The molecule has 0 aromatic carbocycles. The number of aryl methyl sites for hydroxylation is 1. The summed E-state index contributed by atoms with van der Waals surface area (Å²) < 4.78 is 1.63. The van der Waals surface area contributed by atoms with Crippen molar-refractivity contribution < 1.29 is 0 Å². The molecule has 100 valence electrons. The Kier molecular flexibility index (Phi) is 3.04. The molecule has 0 saturated carbocycles. The van der Waals surface area contributed by atoms with Crippen LogP contribution in [0.1, 0.15) is 0 Å². The molecule has 7 heteroatoms. The largest absolute Gasteiger partial charge is 0.383 e. The van der Waals surface area contributed by atoms with Gasteiger partial charge >= 0.3 is 0 Å². The van der Waals surface area contributed by atoms with Crippen LogP contribution in [0.15, 0.2) is 18.5 Å². The smallest absolute Gasteiger partial charge is 0.223 e. The monoisotopic (exact) mass is 259 g/mol. The first kappa shape index (κ1) is 11.9. The van der Waals surface area contributed by atoms with Crippen molar-refractivity contribution in [1.82, 2.24) is 25.1 Å². The molecule has 1 fully saturated rings. The van der Waals surface area contributed by atoms with E-state index in [1.807, 2.05) is 13.1 Å². The second kappa shape index (κ2) is 4.85. The van der Waals surface area contributed by atoms with Gasteiger partial charge in [0.25, 0.3) is 0 Å². The molecule has 0 bridgehead atoms. The summed E-state index contributed by atoms with van der Waals surface area (Å²) in [5.41, 5.74) is 7.57. The second-order valence-corrected chi connectivity index (χ2v) is 4.74. The molecular formula is C12H17N7. The predicted octanol–water partition coefficient (Wildman–Crippen LogP) is 0.0906. The molecule has 4 N–H and O–H groups in total. The van der Waals surface area contributed by atoms with Crippen molar-refractivity contribution in [2.75, 3.05) is 30.7 Å². The van der Waals surface area contributed by atoms with Gasteiger partial charge in [-0.25, -0.2) is 9.97 Å². The van der Waals surface area contributed by atoms with Gasteiger partial charge in [0, 0.05) is 38.8 Å². The van der Waals surface area contributed by atoms with Gasteiger partial charge in [-0.1, -0.05) is 0 Å². The van der Waals surface area contributed by atoms with Gasteiger partial charge in [-0.3, -0.25) is 4.68 Å². The third-order valence-corrected chi connectivity index (χ3v) is 3.33. The molecule has 1 saturated heterocycles. The van der Waals surface area contributed by atoms with E-state index in [4.69, 9.17) is 5.73 Å². The Balaban J connectivity index is 1.77. The molecular weight excluding hydrogens is 242 g/mol. The van der Waals surface area contributed by atoms with E-state index in [-0.39, 0.29) is 0 Å². The molecule has 1 aliphatic rings.